The molecule has 0 spiro atoms. The maximum atomic E-state index is 5.89. The summed E-state index contributed by atoms with van der Waals surface area (Å²) < 4.78 is 13.5. The van der Waals surface area contributed by atoms with E-state index in [1.807, 2.05) is 37.6 Å². The zero-order valence-electron chi connectivity index (χ0n) is 15.7. The number of nitrogens with one attached hydrogen (secondary N) is 1. The largest absolute Gasteiger partial charge is 0.492 e. The molecular weight excluding hydrogens is 330 g/mol. The van der Waals surface area contributed by atoms with Crippen molar-refractivity contribution in [2.45, 2.75) is 13.0 Å². The number of guanidine groups is 1. The molecule has 1 aromatic carbocycles. The van der Waals surface area contributed by atoms with Gasteiger partial charge in [-0.15, -0.1) is 0 Å². The SMILES string of the molecule is CN=C(NCCOc1cccc(C)c1)N1CCOC(c2cnn(C)c2)C1. The van der Waals surface area contributed by atoms with Crippen molar-refractivity contribution in [3.8, 4) is 5.75 Å². The standard InChI is InChI=1S/C19H27N5O2/c1-15-5-4-6-17(11-15)25-9-7-21-19(20-2)24-8-10-26-18(14-24)16-12-22-23(3)13-16/h4-6,11-13,18H,7-10,14H2,1-3H3,(H,20,21). The van der Waals surface area contributed by atoms with E-state index in [2.05, 4.69) is 33.3 Å². The average Bonchev–Trinajstić information content (AvgIpc) is 3.08. The first-order valence-electron chi connectivity index (χ1n) is 8.91. The van der Waals surface area contributed by atoms with Crippen LogP contribution in [0.2, 0.25) is 0 Å². The van der Waals surface area contributed by atoms with Crippen LogP contribution >= 0.6 is 0 Å². The van der Waals surface area contributed by atoms with Crippen molar-refractivity contribution in [3.63, 3.8) is 0 Å². The first kappa shape index (κ1) is 18.3. The van der Waals surface area contributed by atoms with Gasteiger partial charge in [-0.2, -0.15) is 5.10 Å². The lowest BCUT2D eigenvalue weighted by molar-refractivity contribution is -0.00805. The highest BCUT2D eigenvalue weighted by molar-refractivity contribution is 5.80. The summed E-state index contributed by atoms with van der Waals surface area (Å²) >= 11 is 0. The lowest BCUT2D eigenvalue weighted by Gasteiger charge is -2.34. The van der Waals surface area contributed by atoms with Crippen molar-refractivity contribution in [3.05, 3.63) is 47.8 Å². The number of aromatic nitrogens is 2. The number of hydrogen-bond acceptors (Lipinski definition) is 4. The number of morpholine rings is 1. The maximum absolute atomic E-state index is 5.89. The van der Waals surface area contributed by atoms with E-state index >= 15 is 0 Å². The molecule has 7 heteroatoms. The van der Waals surface area contributed by atoms with Crippen molar-refractivity contribution < 1.29 is 9.47 Å². The van der Waals surface area contributed by atoms with Gasteiger partial charge < -0.3 is 19.7 Å². The average molecular weight is 357 g/mol. The molecule has 0 aliphatic carbocycles. The molecule has 3 rings (SSSR count). The molecule has 1 unspecified atom stereocenters. The second kappa shape index (κ2) is 8.71. The van der Waals surface area contributed by atoms with Crippen LogP contribution in [0.25, 0.3) is 0 Å². The topological polar surface area (TPSA) is 63.9 Å². The number of hydrogen-bond donors (Lipinski definition) is 1. The summed E-state index contributed by atoms with van der Waals surface area (Å²) in [5, 5.41) is 7.61. The summed E-state index contributed by atoms with van der Waals surface area (Å²) in [6, 6.07) is 8.07. The fourth-order valence-electron chi connectivity index (χ4n) is 3.02. The van der Waals surface area contributed by atoms with E-state index in [-0.39, 0.29) is 6.10 Å². The molecule has 1 fully saturated rings. The van der Waals surface area contributed by atoms with Crippen LogP contribution in [-0.4, -0.2) is 60.5 Å². The van der Waals surface area contributed by atoms with E-state index < -0.39 is 0 Å². The maximum Gasteiger partial charge on any atom is 0.193 e. The van der Waals surface area contributed by atoms with E-state index in [4.69, 9.17) is 9.47 Å². The van der Waals surface area contributed by atoms with Crippen LogP contribution < -0.4 is 10.1 Å². The summed E-state index contributed by atoms with van der Waals surface area (Å²) in [6.07, 6.45) is 3.87. The molecule has 2 aromatic rings. The summed E-state index contributed by atoms with van der Waals surface area (Å²) in [5.41, 5.74) is 2.29. The van der Waals surface area contributed by atoms with Crippen LogP contribution in [0.1, 0.15) is 17.2 Å². The van der Waals surface area contributed by atoms with Crippen LogP contribution in [0.15, 0.2) is 41.7 Å². The van der Waals surface area contributed by atoms with Crippen molar-refractivity contribution in [2.24, 2.45) is 12.0 Å². The molecule has 26 heavy (non-hydrogen) atoms. The van der Waals surface area contributed by atoms with Gasteiger partial charge in [-0.05, 0) is 24.6 Å². The molecule has 0 amide bonds. The number of rotatable bonds is 5. The second-order valence-electron chi connectivity index (χ2n) is 6.39. The van der Waals surface area contributed by atoms with Gasteiger partial charge in [0.25, 0.3) is 0 Å². The van der Waals surface area contributed by atoms with Crippen LogP contribution in [0.5, 0.6) is 5.75 Å². The van der Waals surface area contributed by atoms with Crippen molar-refractivity contribution in [1.82, 2.24) is 20.0 Å². The Bertz CT molecular complexity index is 743. The van der Waals surface area contributed by atoms with E-state index in [0.29, 0.717) is 19.8 Å². The van der Waals surface area contributed by atoms with E-state index in [0.717, 1.165) is 30.4 Å². The summed E-state index contributed by atoms with van der Waals surface area (Å²) in [6.45, 7) is 5.57. The van der Waals surface area contributed by atoms with Gasteiger partial charge in [0, 0.05) is 32.4 Å². The van der Waals surface area contributed by atoms with Crippen molar-refractivity contribution >= 4 is 5.96 Å². The zero-order chi connectivity index (χ0) is 18.4. The molecule has 1 aliphatic heterocycles. The van der Waals surface area contributed by atoms with Crippen molar-refractivity contribution in [2.75, 3.05) is 39.9 Å². The molecule has 0 saturated carbocycles. The van der Waals surface area contributed by atoms with Crippen LogP contribution in [-0.2, 0) is 11.8 Å². The first-order chi connectivity index (χ1) is 12.7. The first-order valence-corrected chi connectivity index (χ1v) is 8.91. The number of ether oxygens (including phenoxy) is 2. The molecule has 0 radical (unpaired) electrons. The third-order valence-electron chi connectivity index (χ3n) is 4.32. The van der Waals surface area contributed by atoms with Gasteiger partial charge in [-0.25, -0.2) is 0 Å². The molecule has 1 aromatic heterocycles. The molecular formula is C19H27N5O2. The highest BCUT2D eigenvalue weighted by Crippen LogP contribution is 2.21. The minimum absolute atomic E-state index is 0.0135. The van der Waals surface area contributed by atoms with Gasteiger partial charge in [0.15, 0.2) is 5.96 Å². The number of aryl methyl sites for hydroxylation is 2. The quantitative estimate of drug-likeness (QED) is 0.502. The normalized spacial score (nSPS) is 18.0. The molecule has 0 bridgehead atoms. The highest BCUT2D eigenvalue weighted by atomic mass is 16.5. The monoisotopic (exact) mass is 357 g/mol. The lowest BCUT2D eigenvalue weighted by atomic mass is 10.1. The Kier molecular flexibility index (Phi) is 6.12. The predicted molar refractivity (Wildman–Crippen MR) is 102 cm³/mol. The summed E-state index contributed by atoms with van der Waals surface area (Å²) in [5.74, 6) is 1.76. The Hall–Kier alpha value is -2.54. The fraction of sp³-hybridized carbons (Fsp3) is 0.474. The second-order valence-corrected chi connectivity index (χ2v) is 6.39. The number of nitrogens with zero attached hydrogens (tertiary/aromatic N) is 4. The van der Waals surface area contributed by atoms with Crippen molar-refractivity contribution in [1.29, 1.82) is 0 Å². The molecule has 1 N–H and O–H groups in total. The van der Waals surface area contributed by atoms with E-state index in [1.165, 1.54) is 5.56 Å². The Morgan fingerprint density at radius 3 is 3.08 bits per heavy atom. The predicted octanol–water partition coefficient (Wildman–Crippen LogP) is 1.76. The minimum atomic E-state index is 0.0135. The molecule has 1 atom stereocenters. The Balaban J connectivity index is 1.48. The Morgan fingerprint density at radius 2 is 2.35 bits per heavy atom. The highest BCUT2D eigenvalue weighted by Gasteiger charge is 2.24. The van der Waals surface area contributed by atoms with Crippen LogP contribution in [0, 0.1) is 6.92 Å². The third kappa shape index (κ3) is 4.76. The van der Waals surface area contributed by atoms with E-state index in [9.17, 15) is 0 Å². The van der Waals surface area contributed by atoms with Crippen LogP contribution in [0.3, 0.4) is 0 Å². The van der Waals surface area contributed by atoms with E-state index in [1.54, 1.807) is 11.7 Å². The van der Waals surface area contributed by atoms with Gasteiger partial charge in [0.2, 0.25) is 0 Å². The molecule has 2 heterocycles. The third-order valence-corrected chi connectivity index (χ3v) is 4.32. The molecule has 140 valence electrons. The molecule has 7 nitrogen and oxygen atoms in total. The Labute approximate surface area is 154 Å². The molecule has 1 aliphatic rings. The van der Waals surface area contributed by atoms with Gasteiger partial charge in [0.1, 0.15) is 18.5 Å². The lowest BCUT2D eigenvalue weighted by Crippen LogP contribution is -2.48. The van der Waals surface area contributed by atoms with Gasteiger partial charge >= 0.3 is 0 Å². The van der Waals surface area contributed by atoms with Gasteiger partial charge in [-0.1, -0.05) is 12.1 Å². The number of benzene rings is 1. The summed E-state index contributed by atoms with van der Waals surface area (Å²) in [7, 11) is 3.72. The Morgan fingerprint density at radius 1 is 1.46 bits per heavy atom. The van der Waals surface area contributed by atoms with Gasteiger partial charge in [0.05, 0.1) is 25.9 Å². The fourth-order valence-corrected chi connectivity index (χ4v) is 3.02. The zero-order valence-corrected chi connectivity index (χ0v) is 15.7. The minimum Gasteiger partial charge on any atom is -0.492 e. The van der Waals surface area contributed by atoms with Gasteiger partial charge in [-0.3, -0.25) is 9.67 Å². The smallest absolute Gasteiger partial charge is 0.193 e. The summed E-state index contributed by atoms with van der Waals surface area (Å²) in [4.78, 5) is 6.62. The molecule has 1 saturated heterocycles. The van der Waals surface area contributed by atoms with Crippen LogP contribution in [0.4, 0.5) is 0 Å². The number of aliphatic imine (C=N–C) groups is 1.